The second-order valence-electron chi connectivity index (χ2n) is 11.5. The lowest BCUT2D eigenvalue weighted by atomic mass is 9.44. The Hall–Kier alpha value is -0.900. The van der Waals surface area contributed by atoms with Crippen LogP contribution in [0.2, 0.25) is 0 Å². The van der Waals surface area contributed by atoms with E-state index in [1.807, 2.05) is 0 Å². The highest BCUT2D eigenvalue weighted by molar-refractivity contribution is 5.80. The zero-order valence-electron chi connectivity index (χ0n) is 18.6. The summed E-state index contributed by atoms with van der Waals surface area (Å²) in [7, 11) is 1.49. The fourth-order valence-corrected chi connectivity index (χ4v) is 8.94. The van der Waals surface area contributed by atoms with Gasteiger partial charge in [-0.15, -0.1) is 0 Å². The molecular formula is C25H38O4. The number of esters is 1. The molecule has 4 saturated carbocycles. The lowest BCUT2D eigenvalue weighted by Gasteiger charge is -2.59. The smallest absolute Gasteiger partial charge is 0.305 e. The number of methoxy groups -OCH3 is 1. The van der Waals surface area contributed by atoms with Crippen molar-refractivity contribution >= 4 is 11.8 Å². The molecule has 0 aromatic heterocycles. The third-order valence-corrected chi connectivity index (χ3v) is 10.5. The molecule has 5 fully saturated rings. The summed E-state index contributed by atoms with van der Waals surface area (Å²) in [5.41, 5.74) is 0.674. The standard InChI is InChI=1S/C25H38O4/c1-14(5-8-20(27)28-4)16-6-7-17-21-18(10-12-24(16,17)2)25(3)11-9-15(26)13-19(25)22-23(21)29-22/h14,16-19,21-23H,5-13H2,1-4H3/t14-,16-,17+,18+,19?,21+,22-,23+,24-,25-/m1/s1. The maximum Gasteiger partial charge on any atom is 0.305 e. The molecule has 162 valence electrons. The number of rotatable bonds is 4. The molecule has 0 aromatic rings. The monoisotopic (exact) mass is 402 g/mol. The van der Waals surface area contributed by atoms with Crippen molar-refractivity contribution in [3.8, 4) is 0 Å². The van der Waals surface area contributed by atoms with Crippen molar-refractivity contribution < 1.29 is 19.1 Å². The normalized spacial score (nSPS) is 51.3. The van der Waals surface area contributed by atoms with Crippen molar-refractivity contribution in [3.63, 3.8) is 0 Å². The molecule has 0 spiro atoms. The second kappa shape index (κ2) is 6.80. The molecule has 1 unspecified atom stereocenters. The Kier molecular flexibility index (Phi) is 4.70. The van der Waals surface area contributed by atoms with Crippen LogP contribution >= 0.6 is 0 Å². The summed E-state index contributed by atoms with van der Waals surface area (Å²) >= 11 is 0. The molecule has 4 heteroatoms. The van der Waals surface area contributed by atoms with E-state index in [1.165, 1.54) is 32.8 Å². The number of carbonyl (C=O) groups is 2. The summed E-state index contributed by atoms with van der Waals surface area (Å²) in [6.07, 6.45) is 10.1. The van der Waals surface area contributed by atoms with E-state index in [-0.39, 0.29) is 5.97 Å². The van der Waals surface area contributed by atoms with E-state index >= 15 is 0 Å². The minimum absolute atomic E-state index is 0.0763. The van der Waals surface area contributed by atoms with Crippen molar-refractivity contribution in [2.45, 2.75) is 90.8 Å². The van der Waals surface area contributed by atoms with Crippen LogP contribution in [0.3, 0.4) is 0 Å². The number of epoxide rings is 1. The van der Waals surface area contributed by atoms with E-state index in [2.05, 4.69) is 20.8 Å². The van der Waals surface area contributed by atoms with E-state index in [1.54, 1.807) is 0 Å². The van der Waals surface area contributed by atoms with Gasteiger partial charge in [-0.1, -0.05) is 20.8 Å². The lowest BCUT2D eigenvalue weighted by molar-refractivity contribution is -0.141. The van der Waals surface area contributed by atoms with Gasteiger partial charge in [0.2, 0.25) is 0 Å². The predicted molar refractivity (Wildman–Crippen MR) is 110 cm³/mol. The van der Waals surface area contributed by atoms with Crippen LogP contribution < -0.4 is 0 Å². The number of hydrogen-bond acceptors (Lipinski definition) is 4. The quantitative estimate of drug-likeness (QED) is 0.501. The zero-order valence-corrected chi connectivity index (χ0v) is 18.6. The molecule has 29 heavy (non-hydrogen) atoms. The van der Waals surface area contributed by atoms with Gasteiger partial charge < -0.3 is 9.47 Å². The van der Waals surface area contributed by atoms with Gasteiger partial charge in [0.15, 0.2) is 0 Å². The van der Waals surface area contributed by atoms with Gasteiger partial charge in [-0.2, -0.15) is 0 Å². The number of fused-ring (bicyclic) bond motifs is 8. The summed E-state index contributed by atoms with van der Waals surface area (Å²) in [6, 6.07) is 0. The number of Topliss-reactive ketones (excluding diaryl/α,β-unsaturated/α-hetero) is 1. The number of ether oxygens (including phenoxy) is 2. The highest BCUT2D eigenvalue weighted by Gasteiger charge is 2.70. The van der Waals surface area contributed by atoms with Crippen molar-refractivity contribution in [1.82, 2.24) is 0 Å². The summed E-state index contributed by atoms with van der Waals surface area (Å²) in [5.74, 6) is 4.28. The molecule has 4 nitrogen and oxygen atoms in total. The number of carbonyl (C=O) groups excluding carboxylic acids is 2. The molecule has 1 aliphatic heterocycles. The Morgan fingerprint density at radius 3 is 2.62 bits per heavy atom. The van der Waals surface area contributed by atoms with Gasteiger partial charge in [-0.3, -0.25) is 9.59 Å². The molecule has 1 saturated heterocycles. The zero-order chi connectivity index (χ0) is 20.6. The van der Waals surface area contributed by atoms with E-state index in [0.29, 0.717) is 58.9 Å². The van der Waals surface area contributed by atoms with E-state index in [0.717, 1.165) is 37.5 Å². The van der Waals surface area contributed by atoms with Crippen molar-refractivity contribution in [2.24, 2.45) is 46.3 Å². The highest BCUT2D eigenvalue weighted by Crippen LogP contribution is 2.71. The Labute approximate surface area is 175 Å². The van der Waals surface area contributed by atoms with Crippen LogP contribution in [0.25, 0.3) is 0 Å². The molecule has 0 radical (unpaired) electrons. The first kappa shape index (κ1) is 20.0. The summed E-state index contributed by atoms with van der Waals surface area (Å²) in [4.78, 5) is 23.8. The Morgan fingerprint density at radius 2 is 1.86 bits per heavy atom. The Balaban J connectivity index is 1.36. The molecule has 5 aliphatic rings. The SMILES string of the molecule is COC(=O)CC[C@@H](C)[C@H]1CC[C@H]2[C@@H]3[C@@H]4O[C@@H]4C4CC(=O)CC[C@]4(C)[C@H]3CC[C@]12C. The van der Waals surface area contributed by atoms with Gasteiger partial charge in [0, 0.05) is 25.2 Å². The van der Waals surface area contributed by atoms with Crippen LogP contribution in [-0.4, -0.2) is 31.1 Å². The fraction of sp³-hybridized carbons (Fsp3) is 0.920. The first-order valence-corrected chi connectivity index (χ1v) is 12.0. The molecule has 10 atom stereocenters. The van der Waals surface area contributed by atoms with Crippen molar-refractivity contribution in [2.75, 3.05) is 7.11 Å². The molecule has 0 N–H and O–H groups in total. The predicted octanol–water partition coefficient (Wildman–Crippen LogP) is 4.79. The minimum Gasteiger partial charge on any atom is -0.469 e. The maximum atomic E-state index is 12.2. The fourth-order valence-electron chi connectivity index (χ4n) is 8.94. The van der Waals surface area contributed by atoms with Gasteiger partial charge in [-0.05, 0) is 78.9 Å². The Bertz CT molecular complexity index is 703. The second-order valence-corrected chi connectivity index (χ2v) is 11.5. The number of ketones is 1. The third-order valence-electron chi connectivity index (χ3n) is 10.5. The first-order valence-electron chi connectivity index (χ1n) is 12.0. The van der Waals surface area contributed by atoms with Gasteiger partial charge in [0.25, 0.3) is 0 Å². The van der Waals surface area contributed by atoms with Crippen LogP contribution in [0.15, 0.2) is 0 Å². The van der Waals surface area contributed by atoms with Crippen LogP contribution in [0, 0.1) is 46.3 Å². The average Bonchev–Trinajstić information content (AvgIpc) is 3.41. The lowest BCUT2D eigenvalue weighted by Crippen LogP contribution is -2.57. The van der Waals surface area contributed by atoms with E-state index < -0.39 is 0 Å². The first-order chi connectivity index (χ1) is 13.8. The molecule has 5 rings (SSSR count). The van der Waals surface area contributed by atoms with Gasteiger partial charge >= 0.3 is 5.97 Å². The Morgan fingerprint density at radius 1 is 1.10 bits per heavy atom. The largest absolute Gasteiger partial charge is 0.469 e. The molecule has 0 aromatic carbocycles. The minimum atomic E-state index is -0.0763. The molecule has 4 aliphatic carbocycles. The third kappa shape index (κ3) is 2.87. The van der Waals surface area contributed by atoms with Gasteiger partial charge in [0.1, 0.15) is 5.78 Å². The van der Waals surface area contributed by atoms with Crippen LogP contribution in [0.4, 0.5) is 0 Å². The highest BCUT2D eigenvalue weighted by atomic mass is 16.6. The van der Waals surface area contributed by atoms with Crippen molar-refractivity contribution in [3.05, 3.63) is 0 Å². The summed E-state index contributed by atoms with van der Waals surface area (Å²) < 4.78 is 11.2. The maximum absolute atomic E-state index is 12.2. The molecule has 1 heterocycles. The topological polar surface area (TPSA) is 55.9 Å². The number of hydrogen-bond donors (Lipinski definition) is 0. The average molecular weight is 403 g/mol. The molecule has 0 amide bonds. The van der Waals surface area contributed by atoms with Gasteiger partial charge in [0.05, 0.1) is 19.3 Å². The van der Waals surface area contributed by atoms with Crippen molar-refractivity contribution in [1.29, 1.82) is 0 Å². The van der Waals surface area contributed by atoms with Crippen LogP contribution in [0.5, 0.6) is 0 Å². The van der Waals surface area contributed by atoms with Crippen LogP contribution in [-0.2, 0) is 19.1 Å². The van der Waals surface area contributed by atoms with Crippen LogP contribution in [0.1, 0.15) is 78.6 Å². The molecular weight excluding hydrogens is 364 g/mol. The molecule has 0 bridgehead atoms. The van der Waals surface area contributed by atoms with Gasteiger partial charge in [-0.25, -0.2) is 0 Å². The van der Waals surface area contributed by atoms with E-state index in [4.69, 9.17) is 9.47 Å². The summed E-state index contributed by atoms with van der Waals surface area (Å²) in [6.45, 7) is 7.40. The van der Waals surface area contributed by atoms with E-state index in [9.17, 15) is 9.59 Å². The summed E-state index contributed by atoms with van der Waals surface area (Å²) in [5, 5.41) is 0.